The van der Waals surface area contributed by atoms with Gasteiger partial charge >= 0.3 is 0 Å². The highest BCUT2D eigenvalue weighted by atomic mass is 32.2. The molecule has 278 valence electrons. The van der Waals surface area contributed by atoms with E-state index in [0.29, 0.717) is 29.9 Å². The number of amides is 3. The lowest BCUT2D eigenvalue weighted by molar-refractivity contribution is -0.136. The van der Waals surface area contributed by atoms with E-state index in [1.807, 2.05) is 18.2 Å². The van der Waals surface area contributed by atoms with E-state index in [-0.39, 0.29) is 43.0 Å². The number of pyridine rings is 1. The SMILES string of the molecule is C=C[C@@H]1C[C@@]1(C(=O)NS(=O)(=O)C1CC1)N1C[C@H](Oc2nccc3cc(OC)ccc23)C[C@H]1C(=O)NC(=O)C(Nc1nc(OC)cc(OC)n1)C(C)C. The van der Waals surface area contributed by atoms with E-state index in [1.165, 1.54) is 20.3 Å². The molecule has 0 bridgehead atoms. The van der Waals surface area contributed by atoms with Crippen molar-refractivity contribution in [3.63, 3.8) is 0 Å². The number of hydrogen-bond acceptors (Lipinski definition) is 14. The lowest BCUT2D eigenvalue weighted by Gasteiger charge is -2.32. The third-order valence-electron chi connectivity index (χ3n) is 9.73. The number of hydrogen-bond donors (Lipinski definition) is 3. The predicted octanol–water partition coefficient (Wildman–Crippen LogP) is 2.20. The van der Waals surface area contributed by atoms with Crippen LogP contribution in [0, 0.1) is 11.8 Å². The van der Waals surface area contributed by atoms with Crippen LogP contribution in [0.25, 0.3) is 10.8 Å². The van der Waals surface area contributed by atoms with Gasteiger partial charge in [0, 0.05) is 30.5 Å². The lowest BCUT2D eigenvalue weighted by Crippen LogP contribution is -2.58. The van der Waals surface area contributed by atoms with Gasteiger partial charge in [-0.25, -0.2) is 13.4 Å². The summed E-state index contributed by atoms with van der Waals surface area (Å²) >= 11 is 0. The van der Waals surface area contributed by atoms with Crippen molar-refractivity contribution < 1.29 is 41.7 Å². The quantitative estimate of drug-likeness (QED) is 0.192. The van der Waals surface area contributed by atoms with Crippen LogP contribution >= 0.6 is 0 Å². The summed E-state index contributed by atoms with van der Waals surface area (Å²) in [5.41, 5.74) is -1.41. The van der Waals surface area contributed by atoms with Gasteiger partial charge in [-0.2, -0.15) is 9.97 Å². The zero-order valence-corrected chi connectivity index (χ0v) is 30.4. The van der Waals surface area contributed by atoms with Crippen LogP contribution in [0.3, 0.4) is 0 Å². The van der Waals surface area contributed by atoms with Crippen LogP contribution in [0.4, 0.5) is 5.95 Å². The molecule has 16 nitrogen and oxygen atoms in total. The second-order valence-corrected chi connectivity index (χ2v) is 15.4. The number of ether oxygens (including phenoxy) is 4. The van der Waals surface area contributed by atoms with Crippen molar-refractivity contribution in [1.29, 1.82) is 0 Å². The Balaban J connectivity index is 1.28. The Morgan fingerprint density at radius 3 is 2.35 bits per heavy atom. The first-order chi connectivity index (χ1) is 24.8. The van der Waals surface area contributed by atoms with Crippen molar-refractivity contribution in [2.24, 2.45) is 11.8 Å². The maximum atomic E-state index is 14.2. The zero-order chi connectivity index (χ0) is 37.4. The molecule has 0 spiro atoms. The van der Waals surface area contributed by atoms with Crippen molar-refractivity contribution in [2.45, 2.75) is 68.5 Å². The minimum atomic E-state index is -3.90. The van der Waals surface area contributed by atoms with Gasteiger partial charge in [0.25, 0.3) is 5.91 Å². The second kappa shape index (κ2) is 14.5. The monoisotopic (exact) mass is 737 g/mol. The maximum Gasteiger partial charge on any atom is 0.254 e. The van der Waals surface area contributed by atoms with Crippen LogP contribution < -0.4 is 34.3 Å². The van der Waals surface area contributed by atoms with Crippen LogP contribution in [0.5, 0.6) is 23.4 Å². The number of sulfonamides is 1. The molecule has 52 heavy (non-hydrogen) atoms. The van der Waals surface area contributed by atoms with E-state index in [2.05, 4.69) is 36.9 Å². The van der Waals surface area contributed by atoms with Gasteiger partial charge in [0.2, 0.25) is 45.4 Å². The highest BCUT2D eigenvalue weighted by molar-refractivity contribution is 7.91. The lowest BCUT2D eigenvalue weighted by atomic mass is 10.0. The molecule has 3 N–H and O–H groups in total. The summed E-state index contributed by atoms with van der Waals surface area (Å²) in [4.78, 5) is 56.5. The van der Waals surface area contributed by atoms with Crippen molar-refractivity contribution in [3.05, 3.63) is 49.2 Å². The number of imide groups is 1. The second-order valence-electron chi connectivity index (χ2n) is 13.5. The van der Waals surface area contributed by atoms with E-state index in [0.717, 1.165) is 5.39 Å². The molecule has 3 heterocycles. The predicted molar refractivity (Wildman–Crippen MR) is 189 cm³/mol. The minimum absolute atomic E-state index is 0.0490. The molecule has 1 aliphatic heterocycles. The van der Waals surface area contributed by atoms with E-state index in [4.69, 9.17) is 18.9 Å². The van der Waals surface area contributed by atoms with Crippen molar-refractivity contribution in [1.82, 2.24) is 29.9 Å². The molecule has 3 fully saturated rings. The smallest absolute Gasteiger partial charge is 0.254 e. The van der Waals surface area contributed by atoms with Crippen molar-refractivity contribution in [3.8, 4) is 23.4 Å². The van der Waals surface area contributed by atoms with Gasteiger partial charge in [-0.15, -0.1) is 6.58 Å². The molecule has 0 radical (unpaired) electrons. The Morgan fingerprint density at radius 1 is 1.04 bits per heavy atom. The van der Waals surface area contributed by atoms with E-state index in [9.17, 15) is 22.8 Å². The average molecular weight is 738 g/mol. The van der Waals surface area contributed by atoms with Gasteiger partial charge in [-0.3, -0.25) is 29.3 Å². The van der Waals surface area contributed by atoms with Crippen molar-refractivity contribution >= 4 is 44.5 Å². The minimum Gasteiger partial charge on any atom is -0.497 e. The van der Waals surface area contributed by atoms with Crippen LogP contribution in [0.15, 0.2) is 49.2 Å². The number of likely N-dealkylation sites (tertiary alicyclic amines) is 1. The first-order valence-electron chi connectivity index (χ1n) is 17.0. The standard InChI is InChI=1S/C35H43N7O9S/c1-7-21-17-35(21,33(45)41-52(46,47)24-9-10-24)42-18-23(51-32-25-11-8-22(48-4)14-20(25)12-13-36-32)15-26(42)30(43)40-31(44)29(19(2)3)39-34-37-27(49-5)16-28(38-34)50-6/h7-8,11-14,16,19,21,23-24,26,29H,1,9-10,15,17-18H2,2-6H3,(H,41,45)(H,37,38,39)(H,40,43,44)/t21-,23-,26+,29?,35-/m1/s1. The van der Waals surface area contributed by atoms with Gasteiger partial charge in [-0.1, -0.05) is 19.9 Å². The molecule has 3 aromatic rings. The zero-order valence-electron chi connectivity index (χ0n) is 29.6. The van der Waals surface area contributed by atoms with Gasteiger partial charge in [-0.05, 0) is 54.8 Å². The van der Waals surface area contributed by atoms with Gasteiger partial charge < -0.3 is 24.3 Å². The van der Waals surface area contributed by atoms with E-state index in [1.54, 1.807) is 44.2 Å². The number of methoxy groups -OCH3 is 3. The first-order valence-corrected chi connectivity index (χ1v) is 18.5. The summed E-state index contributed by atoms with van der Waals surface area (Å²) in [5.74, 6) is -1.46. The molecule has 3 amide bonds. The molecule has 2 saturated carbocycles. The molecule has 5 atom stereocenters. The Kier molecular flexibility index (Phi) is 10.3. The average Bonchev–Trinajstić information content (AvgIpc) is 4.06. The summed E-state index contributed by atoms with van der Waals surface area (Å²) < 4.78 is 50.3. The molecule has 1 unspecified atom stereocenters. The Hall–Kier alpha value is -5.03. The number of nitrogens with one attached hydrogen (secondary N) is 3. The Bertz CT molecular complexity index is 1970. The van der Waals surface area contributed by atoms with Crippen molar-refractivity contribution in [2.75, 3.05) is 33.2 Å². The molecular weight excluding hydrogens is 694 g/mol. The molecule has 17 heteroatoms. The fourth-order valence-corrected chi connectivity index (χ4v) is 8.03. The number of fused-ring (bicyclic) bond motifs is 1. The summed E-state index contributed by atoms with van der Waals surface area (Å²) in [5, 5.41) is 6.39. The highest BCUT2D eigenvalue weighted by Gasteiger charge is 2.67. The number of aromatic nitrogens is 3. The van der Waals surface area contributed by atoms with Crippen LogP contribution in [-0.2, 0) is 24.4 Å². The summed E-state index contributed by atoms with van der Waals surface area (Å²) in [6.07, 6.45) is 3.74. The number of nitrogens with zero attached hydrogens (tertiary/aromatic N) is 4. The molecular formula is C35H43N7O9S. The topological polar surface area (TPSA) is 200 Å². The Morgan fingerprint density at radius 2 is 1.75 bits per heavy atom. The molecule has 2 aliphatic carbocycles. The van der Waals surface area contributed by atoms with Gasteiger partial charge in [0.15, 0.2) is 0 Å². The van der Waals surface area contributed by atoms with Gasteiger partial charge in [0.1, 0.15) is 23.4 Å². The first kappa shape index (κ1) is 36.8. The largest absolute Gasteiger partial charge is 0.497 e. The maximum absolute atomic E-state index is 14.2. The van der Waals surface area contributed by atoms with Crippen LogP contribution in [-0.4, -0.2) is 103 Å². The summed E-state index contributed by atoms with van der Waals surface area (Å²) in [7, 11) is 0.528. The fraction of sp³-hybridized carbons (Fsp3) is 0.486. The number of anilines is 1. The molecule has 6 rings (SSSR count). The van der Waals surface area contributed by atoms with Gasteiger partial charge in [0.05, 0.1) is 38.7 Å². The number of benzene rings is 1. The third-order valence-corrected chi connectivity index (χ3v) is 11.5. The van der Waals surface area contributed by atoms with E-state index >= 15 is 0 Å². The highest BCUT2D eigenvalue weighted by Crippen LogP contribution is 2.53. The fourth-order valence-electron chi connectivity index (χ4n) is 6.67. The normalized spacial score (nSPS) is 23.4. The third kappa shape index (κ3) is 7.32. The van der Waals surface area contributed by atoms with E-state index < -0.39 is 62.6 Å². The molecule has 1 aromatic carbocycles. The van der Waals surface area contributed by atoms with Crippen LogP contribution in [0.1, 0.15) is 39.5 Å². The number of rotatable bonds is 15. The van der Waals surface area contributed by atoms with Crippen LogP contribution in [0.2, 0.25) is 0 Å². The number of carbonyl (C=O) groups is 3. The summed E-state index contributed by atoms with van der Waals surface area (Å²) in [6.45, 7) is 7.51. The molecule has 1 saturated heterocycles. The molecule has 2 aromatic heterocycles. The molecule has 3 aliphatic rings. The Labute approximate surface area is 301 Å². The summed E-state index contributed by atoms with van der Waals surface area (Å²) in [6, 6.07) is 6.71. The number of carbonyl (C=O) groups excluding carboxylic acids is 3.